The molecule has 9 heteroatoms. The fourth-order valence-electron chi connectivity index (χ4n) is 2.97. The highest BCUT2D eigenvalue weighted by molar-refractivity contribution is 5.80. The molecule has 27 heavy (non-hydrogen) atoms. The molecular weight excluding hydrogens is 364 g/mol. The number of aliphatic imine (C=N–C) groups is 1. The van der Waals surface area contributed by atoms with Gasteiger partial charge in [0.05, 0.1) is 6.61 Å². The van der Waals surface area contributed by atoms with Gasteiger partial charge in [-0.3, -0.25) is 9.89 Å². The van der Waals surface area contributed by atoms with Crippen LogP contribution in [0.1, 0.15) is 19.4 Å². The number of ether oxygens (including phenoxy) is 1. The van der Waals surface area contributed by atoms with E-state index in [-0.39, 0.29) is 5.75 Å². The molecule has 0 saturated carbocycles. The monoisotopic (exact) mass is 390 g/mol. The Morgan fingerprint density at radius 2 is 1.93 bits per heavy atom. The molecule has 1 aliphatic heterocycles. The third-order valence-corrected chi connectivity index (χ3v) is 4.59. The molecule has 0 amide bonds. The molecule has 152 valence electrons. The van der Waals surface area contributed by atoms with Crippen LogP contribution in [0.3, 0.4) is 0 Å². The van der Waals surface area contributed by atoms with E-state index in [2.05, 4.69) is 10.3 Å². The predicted molar refractivity (Wildman–Crippen MR) is 96.4 cm³/mol. The van der Waals surface area contributed by atoms with E-state index in [1.807, 2.05) is 4.90 Å². The van der Waals surface area contributed by atoms with E-state index in [0.29, 0.717) is 45.3 Å². The number of rotatable bonds is 5. The normalized spacial score (nSPS) is 17.7. The zero-order valence-corrected chi connectivity index (χ0v) is 15.8. The van der Waals surface area contributed by atoms with Gasteiger partial charge in [0.25, 0.3) is 0 Å². The molecule has 0 spiro atoms. The van der Waals surface area contributed by atoms with Crippen molar-refractivity contribution in [1.29, 1.82) is 0 Å². The Hall–Kier alpha value is -2.03. The topological polar surface area (TPSA) is 40.1 Å². The minimum Gasteiger partial charge on any atom is -0.491 e. The van der Waals surface area contributed by atoms with Crippen molar-refractivity contribution in [1.82, 2.24) is 15.1 Å². The molecule has 1 heterocycles. The average molecular weight is 390 g/mol. The van der Waals surface area contributed by atoms with E-state index in [9.17, 15) is 17.6 Å². The molecule has 0 bridgehead atoms. The van der Waals surface area contributed by atoms with Gasteiger partial charge in [0.2, 0.25) is 0 Å². The minimum atomic E-state index is -4.22. The van der Waals surface area contributed by atoms with Gasteiger partial charge in [0.15, 0.2) is 17.5 Å². The zero-order chi connectivity index (χ0) is 20.0. The first-order valence-electron chi connectivity index (χ1n) is 8.93. The Labute approximate surface area is 157 Å². The average Bonchev–Trinajstić information content (AvgIpc) is 2.63. The number of benzene rings is 1. The molecule has 1 aromatic carbocycles. The summed E-state index contributed by atoms with van der Waals surface area (Å²) in [5.74, 6) is 0.366. The number of hydrogen-bond acceptors (Lipinski definition) is 3. The highest BCUT2D eigenvalue weighted by Crippen LogP contribution is 2.25. The van der Waals surface area contributed by atoms with Crippen molar-refractivity contribution >= 4 is 5.96 Å². The van der Waals surface area contributed by atoms with Crippen molar-refractivity contribution in [3.05, 3.63) is 29.6 Å². The van der Waals surface area contributed by atoms with Gasteiger partial charge in [0.1, 0.15) is 6.04 Å². The van der Waals surface area contributed by atoms with Crippen LogP contribution in [0.5, 0.6) is 5.75 Å². The van der Waals surface area contributed by atoms with Gasteiger partial charge in [0, 0.05) is 39.8 Å². The van der Waals surface area contributed by atoms with Crippen LogP contribution in [0.25, 0.3) is 0 Å². The van der Waals surface area contributed by atoms with Crippen molar-refractivity contribution in [2.75, 3.05) is 39.8 Å². The van der Waals surface area contributed by atoms with Crippen LogP contribution in [0, 0.1) is 5.82 Å². The van der Waals surface area contributed by atoms with Gasteiger partial charge >= 0.3 is 6.18 Å². The standard InChI is InChI=1S/C18H26F4N4O/c1-4-27-16-6-5-14(11-15(16)19)12-24-17(23-3)26-9-7-25(8-10-26)13(2)18(20,21)22/h5-6,11,13H,4,7-10,12H2,1-3H3,(H,23,24). The molecule has 1 aliphatic rings. The minimum absolute atomic E-state index is 0.209. The number of alkyl halides is 3. The van der Waals surface area contributed by atoms with Gasteiger partial charge in [-0.1, -0.05) is 6.07 Å². The quantitative estimate of drug-likeness (QED) is 0.477. The number of piperazine rings is 1. The summed E-state index contributed by atoms with van der Waals surface area (Å²) in [5, 5.41) is 3.14. The molecule has 0 radical (unpaired) electrons. The largest absolute Gasteiger partial charge is 0.491 e. The van der Waals surface area contributed by atoms with Gasteiger partial charge in [-0.25, -0.2) is 4.39 Å². The van der Waals surface area contributed by atoms with E-state index in [1.165, 1.54) is 17.9 Å². The molecule has 0 aromatic heterocycles. The van der Waals surface area contributed by atoms with Crippen molar-refractivity contribution in [2.45, 2.75) is 32.6 Å². The molecule has 1 unspecified atom stereocenters. The summed E-state index contributed by atoms with van der Waals surface area (Å²) >= 11 is 0. The number of nitrogens with zero attached hydrogens (tertiary/aromatic N) is 3. The maximum atomic E-state index is 13.9. The lowest BCUT2D eigenvalue weighted by Crippen LogP contribution is -2.56. The number of guanidine groups is 1. The predicted octanol–water partition coefficient (Wildman–Crippen LogP) is 2.87. The Morgan fingerprint density at radius 1 is 1.26 bits per heavy atom. The van der Waals surface area contributed by atoms with Crippen LogP contribution in [-0.4, -0.2) is 67.8 Å². The second-order valence-electron chi connectivity index (χ2n) is 6.34. The van der Waals surface area contributed by atoms with E-state index < -0.39 is 18.0 Å². The van der Waals surface area contributed by atoms with Crippen LogP contribution in [-0.2, 0) is 6.54 Å². The first kappa shape index (κ1) is 21.3. The molecule has 1 fully saturated rings. The molecule has 1 atom stereocenters. The van der Waals surface area contributed by atoms with Crippen LogP contribution in [0.15, 0.2) is 23.2 Å². The second kappa shape index (κ2) is 9.25. The van der Waals surface area contributed by atoms with Crippen molar-refractivity contribution in [2.24, 2.45) is 4.99 Å². The van der Waals surface area contributed by atoms with E-state index in [0.717, 1.165) is 5.56 Å². The molecule has 0 aliphatic carbocycles. The first-order valence-corrected chi connectivity index (χ1v) is 8.93. The maximum absolute atomic E-state index is 13.9. The lowest BCUT2D eigenvalue weighted by atomic mass is 10.2. The lowest BCUT2D eigenvalue weighted by molar-refractivity contribution is -0.181. The SMILES string of the molecule is CCOc1ccc(CNC(=NC)N2CCN(C(C)C(F)(F)F)CC2)cc1F. The number of halogens is 4. The first-order chi connectivity index (χ1) is 12.8. The molecule has 1 aromatic rings. The van der Waals surface area contributed by atoms with Crippen LogP contribution >= 0.6 is 0 Å². The number of nitrogens with one attached hydrogen (secondary N) is 1. The van der Waals surface area contributed by atoms with Gasteiger partial charge in [-0.15, -0.1) is 0 Å². The Balaban J connectivity index is 1.89. The van der Waals surface area contributed by atoms with E-state index >= 15 is 0 Å². The van der Waals surface area contributed by atoms with Crippen LogP contribution in [0.2, 0.25) is 0 Å². The van der Waals surface area contributed by atoms with Gasteiger partial charge in [-0.05, 0) is 31.5 Å². The van der Waals surface area contributed by atoms with Crippen LogP contribution in [0.4, 0.5) is 17.6 Å². The zero-order valence-electron chi connectivity index (χ0n) is 15.8. The second-order valence-corrected chi connectivity index (χ2v) is 6.34. The van der Waals surface area contributed by atoms with Crippen molar-refractivity contribution in [3.63, 3.8) is 0 Å². The highest BCUT2D eigenvalue weighted by Gasteiger charge is 2.41. The smallest absolute Gasteiger partial charge is 0.403 e. The van der Waals surface area contributed by atoms with E-state index in [1.54, 1.807) is 26.1 Å². The highest BCUT2D eigenvalue weighted by atomic mass is 19.4. The van der Waals surface area contributed by atoms with Crippen molar-refractivity contribution in [3.8, 4) is 5.75 Å². The molecular formula is C18H26F4N4O. The lowest BCUT2D eigenvalue weighted by Gasteiger charge is -2.39. The summed E-state index contributed by atoms with van der Waals surface area (Å²) in [6.45, 7) is 5.21. The van der Waals surface area contributed by atoms with E-state index in [4.69, 9.17) is 4.74 Å². The molecule has 5 nitrogen and oxygen atoms in total. The number of hydrogen-bond donors (Lipinski definition) is 1. The van der Waals surface area contributed by atoms with Gasteiger partial charge in [-0.2, -0.15) is 13.2 Å². The summed E-state index contributed by atoms with van der Waals surface area (Å²) in [5.41, 5.74) is 0.724. The van der Waals surface area contributed by atoms with Crippen LogP contribution < -0.4 is 10.1 Å². The Kier molecular flexibility index (Phi) is 7.29. The summed E-state index contributed by atoms with van der Waals surface area (Å²) in [6, 6.07) is 3.28. The summed E-state index contributed by atoms with van der Waals surface area (Å²) < 4.78 is 57.6. The maximum Gasteiger partial charge on any atom is 0.403 e. The van der Waals surface area contributed by atoms with Crippen molar-refractivity contribution < 1.29 is 22.3 Å². The Bertz CT molecular complexity index is 643. The van der Waals surface area contributed by atoms with Gasteiger partial charge < -0.3 is 15.0 Å². The summed E-state index contributed by atoms with van der Waals surface area (Å²) in [7, 11) is 1.62. The fourth-order valence-corrected chi connectivity index (χ4v) is 2.97. The summed E-state index contributed by atoms with van der Waals surface area (Å²) in [6.07, 6.45) is -4.22. The third-order valence-electron chi connectivity index (χ3n) is 4.59. The fraction of sp³-hybridized carbons (Fsp3) is 0.611. The molecule has 2 rings (SSSR count). The molecule has 1 N–H and O–H groups in total. The molecule has 1 saturated heterocycles. The Morgan fingerprint density at radius 3 is 2.44 bits per heavy atom. The third kappa shape index (κ3) is 5.72. The summed E-state index contributed by atoms with van der Waals surface area (Å²) in [4.78, 5) is 7.52.